The molecule has 0 radical (unpaired) electrons. The lowest BCUT2D eigenvalue weighted by Crippen LogP contribution is -2.38. The van der Waals surface area contributed by atoms with Crippen LogP contribution in [0.4, 0.5) is 4.79 Å². The van der Waals surface area contributed by atoms with Gasteiger partial charge in [0.05, 0.1) is 0 Å². The molecule has 0 bridgehead atoms. The Morgan fingerprint density at radius 2 is 1.00 bits per heavy atom. The average Bonchev–Trinajstić information content (AvgIpc) is 2.82. The zero-order chi connectivity index (χ0) is 24.2. The molecular weight excluding hydrogens is 408 g/mol. The first-order valence-electron chi connectivity index (χ1n) is 14.9. The number of carbonyl (C=O) groups excluding carboxylic acids is 1. The van der Waals surface area contributed by atoms with Gasteiger partial charge in [0, 0.05) is 19.7 Å². The zero-order valence-corrected chi connectivity index (χ0v) is 22.6. The van der Waals surface area contributed by atoms with Gasteiger partial charge in [-0.2, -0.15) is 0 Å². The van der Waals surface area contributed by atoms with Crippen molar-refractivity contribution < 1.29 is 9.90 Å². The lowest BCUT2D eigenvalue weighted by molar-refractivity contribution is 0.237. The van der Waals surface area contributed by atoms with Crippen LogP contribution in [0.3, 0.4) is 0 Å². The van der Waals surface area contributed by atoms with Crippen molar-refractivity contribution in [2.45, 2.75) is 155 Å². The summed E-state index contributed by atoms with van der Waals surface area (Å²) in [5, 5.41) is 15.0. The number of rotatable bonds is 26. The highest BCUT2D eigenvalue weighted by Crippen LogP contribution is 2.18. The van der Waals surface area contributed by atoms with E-state index in [2.05, 4.69) is 24.5 Å². The van der Waals surface area contributed by atoms with Crippen molar-refractivity contribution in [3.05, 3.63) is 0 Å². The summed E-state index contributed by atoms with van der Waals surface area (Å²) in [4.78, 5) is 12.2. The minimum atomic E-state index is 0.0272. The van der Waals surface area contributed by atoms with E-state index >= 15 is 0 Å². The van der Waals surface area contributed by atoms with Gasteiger partial charge in [0.25, 0.3) is 0 Å². The summed E-state index contributed by atoms with van der Waals surface area (Å²) in [6.07, 6.45) is 28.1. The Balaban J connectivity index is 3.74. The molecule has 0 rings (SSSR count). The van der Waals surface area contributed by atoms with E-state index in [4.69, 9.17) is 5.11 Å². The molecule has 4 nitrogen and oxygen atoms in total. The topological polar surface area (TPSA) is 61.4 Å². The molecule has 198 valence electrons. The van der Waals surface area contributed by atoms with Crippen molar-refractivity contribution in [1.29, 1.82) is 0 Å². The number of unbranched alkanes of at least 4 members (excludes halogenated alkanes) is 17. The summed E-state index contributed by atoms with van der Waals surface area (Å²) in [5.41, 5.74) is 0. The summed E-state index contributed by atoms with van der Waals surface area (Å²) in [5.74, 6) is 0.641. The van der Waals surface area contributed by atoms with Crippen molar-refractivity contribution >= 4 is 6.03 Å². The molecule has 1 atom stereocenters. The van der Waals surface area contributed by atoms with Crippen LogP contribution in [0, 0.1) is 5.92 Å². The fraction of sp³-hybridized carbons (Fsp3) is 0.966. The third-order valence-electron chi connectivity index (χ3n) is 6.85. The molecule has 0 aliphatic carbocycles. The van der Waals surface area contributed by atoms with E-state index in [0.717, 1.165) is 25.9 Å². The second-order valence-electron chi connectivity index (χ2n) is 10.2. The number of aliphatic hydroxyl groups excluding tert-OH is 1. The van der Waals surface area contributed by atoms with Gasteiger partial charge in [0.1, 0.15) is 0 Å². The molecule has 0 saturated carbocycles. The molecule has 0 aliphatic rings. The number of urea groups is 1. The van der Waals surface area contributed by atoms with Crippen LogP contribution >= 0.6 is 0 Å². The van der Waals surface area contributed by atoms with Crippen LogP contribution in [0.1, 0.15) is 155 Å². The van der Waals surface area contributed by atoms with Crippen LogP contribution in [-0.4, -0.2) is 30.8 Å². The van der Waals surface area contributed by atoms with Gasteiger partial charge in [-0.3, -0.25) is 0 Å². The molecule has 0 aromatic heterocycles. The monoisotopic (exact) mass is 468 g/mol. The van der Waals surface area contributed by atoms with Crippen molar-refractivity contribution in [1.82, 2.24) is 10.6 Å². The van der Waals surface area contributed by atoms with Gasteiger partial charge in [-0.05, 0) is 31.6 Å². The van der Waals surface area contributed by atoms with Crippen LogP contribution < -0.4 is 10.6 Å². The number of aliphatic hydroxyl groups is 1. The zero-order valence-electron chi connectivity index (χ0n) is 22.6. The van der Waals surface area contributed by atoms with E-state index in [1.807, 2.05) is 0 Å². The Hall–Kier alpha value is -0.770. The van der Waals surface area contributed by atoms with Crippen molar-refractivity contribution in [2.75, 3.05) is 19.7 Å². The molecule has 3 N–H and O–H groups in total. The highest BCUT2D eigenvalue weighted by molar-refractivity contribution is 5.73. The van der Waals surface area contributed by atoms with E-state index in [9.17, 15) is 4.79 Å². The number of hydrogen-bond acceptors (Lipinski definition) is 2. The molecule has 0 spiro atoms. The molecular formula is C29H60N2O2. The van der Waals surface area contributed by atoms with E-state index in [-0.39, 0.29) is 6.03 Å². The first-order chi connectivity index (χ1) is 16.2. The van der Waals surface area contributed by atoms with E-state index < -0.39 is 0 Å². The Morgan fingerprint density at radius 3 is 1.52 bits per heavy atom. The molecule has 0 saturated heterocycles. The van der Waals surface area contributed by atoms with Gasteiger partial charge in [0.15, 0.2) is 0 Å². The molecule has 0 aliphatic heterocycles. The largest absolute Gasteiger partial charge is 0.396 e. The normalized spacial score (nSPS) is 12.1. The molecule has 33 heavy (non-hydrogen) atoms. The summed E-state index contributed by atoms with van der Waals surface area (Å²) in [6.45, 7) is 6.51. The van der Waals surface area contributed by atoms with E-state index in [1.165, 1.54) is 128 Å². The number of amides is 2. The number of carbonyl (C=O) groups is 1. The Bertz CT molecular complexity index is 390. The number of hydrogen-bond donors (Lipinski definition) is 3. The quantitative estimate of drug-likeness (QED) is 0.111. The smallest absolute Gasteiger partial charge is 0.314 e. The van der Waals surface area contributed by atoms with Crippen molar-refractivity contribution in [3.63, 3.8) is 0 Å². The highest BCUT2D eigenvalue weighted by Gasteiger charge is 2.10. The SMILES string of the molecule is CCCCCCCCC(CCCCCC)CNC(=O)NCCCCCCCCCCCCO. The summed E-state index contributed by atoms with van der Waals surface area (Å²) in [7, 11) is 0. The summed E-state index contributed by atoms with van der Waals surface area (Å²) < 4.78 is 0. The predicted octanol–water partition coefficient (Wildman–Crippen LogP) is 8.52. The highest BCUT2D eigenvalue weighted by atomic mass is 16.2. The Kier molecular flexibility index (Phi) is 26.8. The molecule has 4 heteroatoms. The third-order valence-corrected chi connectivity index (χ3v) is 6.85. The average molecular weight is 469 g/mol. The van der Waals surface area contributed by atoms with Gasteiger partial charge >= 0.3 is 6.03 Å². The first-order valence-corrected chi connectivity index (χ1v) is 14.9. The van der Waals surface area contributed by atoms with Crippen LogP contribution in [0.25, 0.3) is 0 Å². The van der Waals surface area contributed by atoms with Gasteiger partial charge in [0.2, 0.25) is 0 Å². The molecule has 0 fully saturated rings. The fourth-order valence-electron chi connectivity index (χ4n) is 4.57. The first kappa shape index (κ1) is 32.2. The van der Waals surface area contributed by atoms with Crippen LogP contribution in [0.5, 0.6) is 0 Å². The van der Waals surface area contributed by atoms with Gasteiger partial charge in [-0.15, -0.1) is 0 Å². The maximum Gasteiger partial charge on any atom is 0.314 e. The summed E-state index contributed by atoms with van der Waals surface area (Å²) in [6, 6.07) is 0.0272. The van der Waals surface area contributed by atoms with Gasteiger partial charge in [-0.25, -0.2) is 4.79 Å². The van der Waals surface area contributed by atoms with Gasteiger partial charge < -0.3 is 15.7 Å². The van der Waals surface area contributed by atoms with Crippen LogP contribution in [0.15, 0.2) is 0 Å². The Morgan fingerprint density at radius 1 is 0.576 bits per heavy atom. The predicted molar refractivity (Wildman–Crippen MR) is 145 cm³/mol. The standard InChI is InChI=1S/C29H60N2O2/c1-3-5-7-9-16-20-24-28(23-19-8-6-4-2)27-31-29(33)30-25-21-17-14-12-10-11-13-15-18-22-26-32/h28,32H,3-27H2,1-2H3,(H2,30,31,33). The summed E-state index contributed by atoms with van der Waals surface area (Å²) >= 11 is 0. The minimum absolute atomic E-state index is 0.0272. The maximum atomic E-state index is 12.2. The lowest BCUT2D eigenvalue weighted by atomic mass is 9.94. The molecule has 2 amide bonds. The van der Waals surface area contributed by atoms with Crippen LogP contribution in [0.2, 0.25) is 0 Å². The lowest BCUT2D eigenvalue weighted by Gasteiger charge is -2.18. The molecule has 0 aromatic carbocycles. The maximum absolute atomic E-state index is 12.2. The van der Waals surface area contributed by atoms with Gasteiger partial charge in [-0.1, -0.05) is 129 Å². The van der Waals surface area contributed by atoms with Crippen molar-refractivity contribution in [3.8, 4) is 0 Å². The number of nitrogens with one attached hydrogen (secondary N) is 2. The second kappa shape index (κ2) is 27.5. The molecule has 1 unspecified atom stereocenters. The van der Waals surface area contributed by atoms with Crippen LogP contribution in [-0.2, 0) is 0 Å². The molecule has 0 heterocycles. The fourth-order valence-corrected chi connectivity index (χ4v) is 4.57. The second-order valence-corrected chi connectivity index (χ2v) is 10.2. The Labute approximate surface area is 207 Å². The molecule has 0 aromatic rings. The minimum Gasteiger partial charge on any atom is -0.396 e. The third kappa shape index (κ3) is 25.7. The van der Waals surface area contributed by atoms with Crippen molar-refractivity contribution in [2.24, 2.45) is 5.92 Å². The van der Waals surface area contributed by atoms with E-state index in [0.29, 0.717) is 12.5 Å². The van der Waals surface area contributed by atoms with E-state index in [1.54, 1.807) is 0 Å².